The predicted octanol–water partition coefficient (Wildman–Crippen LogP) is 2.15. The molecule has 0 bridgehead atoms. The number of nitrogens with one attached hydrogen (secondary N) is 1. The van der Waals surface area contributed by atoms with E-state index in [1.54, 1.807) is 0 Å². The summed E-state index contributed by atoms with van der Waals surface area (Å²) < 4.78 is 9.63. The Hall–Kier alpha value is -3.22. The predicted molar refractivity (Wildman–Crippen MR) is 82.1 cm³/mol. The van der Waals surface area contributed by atoms with Crippen molar-refractivity contribution in [3.8, 4) is 17.2 Å². The van der Waals surface area contributed by atoms with Gasteiger partial charge in [-0.25, -0.2) is 4.79 Å². The van der Waals surface area contributed by atoms with Crippen molar-refractivity contribution in [2.24, 2.45) is 0 Å². The van der Waals surface area contributed by atoms with Gasteiger partial charge >= 0.3 is 5.97 Å². The first-order valence-electron chi connectivity index (χ1n) is 6.56. The minimum atomic E-state index is -0.709. The van der Waals surface area contributed by atoms with E-state index >= 15 is 0 Å². The molecule has 0 aliphatic rings. The second kappa shape index (κ2) is 6.69. The van der Waals surface area contributed by atoms with E-state index in [0.717, 1.165) is 0 Å². The molecule has 0 aromatic heterocycles. The zero-order chi connectivity index (χ0) is 17.0. The van der Waals surface area contributed by atoms with Crippen molar-refractivity contribution in [1.29, 1.82) is 0 Å². The number of carbonyl (C=O) groups excluding carboxylic acids is 2. The molecular formula is C16H15NO6. The molecule has 120 valence electrons. The Balaban J connectivity index is 2.38. The van der Waals surface area contributed by atoms with Crippen LogP contribution in [0, 0.1) is 0 Å². The van der Waals surface area contributed by atoms with Crippen LogP contribution in [0.5, 0.6) is 17.2 Å². The molecule has 7 nitrogen and oxygen atoms in total. The van der Waals surface area contributed by atoms with Gasteiger partial charge in [-0.1, -0.05) is 6.07 Å². The maximum Gasteiger partial charge on any atom is 0.340 e. The molecule has 3 N–H and O–H groups in total. The molecule has 2 aromatic rings. The first-order chi connectivity index (χ1) is 11.0. The van der Waals surface area contributed by atoms with E-state index in [0.29, 0.717) is 0 Å². The molecule has 0 aliphatic heterocycles. The SMILES string of the molecule is COC(=O)c1cc(O)ccc1NC(=O)c1cccc(O)c1OC. The van der Waals surface area contributed by atoms with Crippen molar-refractivity contribution >= 4 is 17.6 Å². The summed E-state index contributed by atoms with van der Waals surface area (Å²) in [5, 5.41) is 21.7. The summed E-state index contributed by atoms with van der Waals surface area (Å²) in [6.45, 7) is 0. The summed E-state index contributed by atoms with van der Waals surface area (Å²) in [6.07, 6.45) is 0. The number of carbonyl (C=O) groups is 2. The quantitative estimate of drug-likeness (QED) is 0.589. The zero-order valence-corrected chi connectivity index (χ0v) is 12.5. The van der Waals surface area contributed by atoms with E-state index < -0.39 is 11.9 Å². The Labute approximate surface area is 132 Å². The minimum Gasteiger partial charge on any atom is -0.508 e. The third-order valence-corrected chi connectivity index (χ3v) is 3.10. The smallest absolute Gasteiger partial charge is 0.340 e. The van der Waals surface area contributed by atoms with Crippen LogP contribution in [-0.2, 0) is 4.74 Å². The van der Waals surface area contributed by atoms with Crippen LogP contribution in [0.1, 0.15) is 20.7 Å². The largest absolute Gasteiger partial charge is 0.508 e. The van der Waals surface area contributed by atoms with Crippen LogP contribution in [0.3, 0.4) is 0 Å². The fraction of sp³-hybridized carbons (Fsp3) is 0.125. The molecule has 1 amide bonds. The number of hydrogen-bond acceptors (Lipinski definition) is 6. The lowest BCUT2D eigenvalue weighted by Gasteiger charge is -2.12. The molecule has 0 unspecified atom stereocenters. The van der Waals surface area contributed by atoms with Gasteiger partial charge in [0.15, 0.2) is 11.5 Å². The van der Waals surface area contributed by atoms with Gasteiger partial charge in [0.05, 0.1) is 31.0 Å². The number of methoxy groups -OCH3 is 2. The number of esters is 1. The number of aromatic hydroxyl groups is 2. The number of para-hydroxylation sites is 1. The number of anilines is 1. The van der Waals surface area contributed by atoms with Crippen LogP contribution in [0.25, 0.3) is 0 Å². The van der Waals surface area contributed by atoms with E-state index in [4.69, 9.17) is 4.74 Å². The van der Waals surface area contributed by atoms with Gasteiger partial charge in [0, 0.05) is 0 Å². The van der Waals surface area contributed by atoms with Crippen molar-refractivity contribution in [2.75, 3.05) is 19.5 Å². The maximum absolute atomic E-state index is 12.4. The molecule has 0 atom stereocenters. The van der Waals surface area contributed by atoms with Crippen LogP contribution in [-0.4, -0.2) is 36.3 Å². The number of hydrogen-bond donors (Lipinski definition) is 3. The van der Waals surface area contributed by atoms with E-state index in [9.17, 15) is 19.8 Å². The van der Waals surface area contributed by atoms with Gasteiger partial charge < -0.3 is 25.0 Å². The van der Waals surface area contributed by atoms with Crippen molar-refractivity contribution in [1.82, 2.24) is 0 Å². The van der Waals surface area contributed by atoms with Crippen LogP contribution >= 0.6 is 0 Å². The van der Waals surface area contributed by atoms with Gasteiger partial charge in [0.1, 0.15) is 5.75 Å². The Kier molecular flexibility index (Phi) is 4.70. The fourth-order valence-electron chi connectivity index (χ4n) is 2.03. The Morgan fingerprint density at radius 1 is 1.04 bits per heavy atom. The number of phenolic OH excluding ortho intramolecular Hbond substituents is 2. The third kappa shape index (κ3) is 3.34. The molecule has 0 aliphatic carbocycles. The standard InChI is InChI=1S/C16H15NO6/c1-22-14-10(4-3-5-13(14)19)15(20)17-12-7-6-9(18)8-11(12)16(21)23-2/h3-8,18-19H,1-2H3,(H,17,20). The average molecular weight is 317 g/mol. The van der Waals surface area contributed by atoms with Gasteiger partial charge in [-0.05, 0) is 30.3 Å². The summed E-state index contributed by atoms with van der Waals surface area (Å²) in [5.41, 5.74) is 0.251. The topological polar surface area (TPSA) is 105 Å². The maximum atomic E-state index is 12.4. The normalized spacial score (nSPS) is 10.0. The van der Waals surface area contributed by atoms with Crippen LogP contribution in [0.4, 0.5) is 5.69 Å². The van der Waals surface area contributed by atoms with Crippen molar-refractivity contribution < 1.29 is 29.3 Å². The van der Waals surface area contributed by atoms with Crippen molar-refractivity contribution in [3.63, 3.8) is 0 Å². The molecule has 2 aromatic carbocycles. The van der Waals surface area contributed by atoms with Gasteiger partial charge in [-0.15, -0.1) is 0 Å². The molecule has 0 saturated heterocycles. The number of benzene rings is 2. The number of phenols is 2. The van der Waals surface area contributed by atoms with E-state index in [-0.39, 0.29) is 34.1 Å². The fourth-order valence-corrected chi connectivity index (χ4v) is 2.03. The molecule has 23 heavy (non-hydrogen) atoms. The molecule has 0 heterocycles. The number of amides is 1. The highest BCUT2D eigenvalue weighted by Crippen LogP contribution is 2.31. The first kappa shape index (κ1) is 16.2. The lowest BCUT2D eigenvalue weighted by atomic mass is 10.1. The van der Waals surface area contributed by atoms with Crippen LogP contribution in [0.2, 0.25) is 0 Å². The summed E-state index contributed by atoms with van der Waals surface area (Å²) >= 11 is 0. The van der Waals surface area contributed by atoms with Crippen molar-refractivity contribution in [2.45, 2.75) is 0 Å². The highest BCUT2D eigenvalue weighted by Gasteiger charge is 2.19. The lowest BCUT2D eigenvalue weighted by molar-refractivity contribution is 0.0601. The molecule has 0 fully saturated rings. The molecule has 0 radical (unpaired) electrons. The van der Waals surface area contributed by atoms with Crippen LogP contribution in [0.15, 0.2) is 36.4 Å². The summed E-state index contributed by atoms with van der Waals surface area (Å²) in [4.78, 5) is 24.1. The average Bonchev–Trinajstić information content (AvgIpc) is 2.55. The van der Waals surface area contributed by atoms with E-state index in [1.807, 2.05) is 0 Å². The van der Waals surface area contributed by atoms with Gasteiger partial charge in [0.25, 0.3) is 5.91 Å². The third-order valence-electron chi connectivity index (χ3n) is 3.10. The highest BCUT2D eigenvalue weighted by atomic mass is 16.5. The zero-order valence-electron chi connectivity index (χ0n) is 12.5. The minimum absolute atomic E-state index is 0.0000279. The Bertz CT molecular complexity index is 756. The lowest BCUT2D eigenvalue weighted by Crippen LogP contribution is -2.16. The van der Waals surface area contributed by atoms with Gasteiger partial charge in [0.2, 0.25) is 0 Å². The Morgan fingerprint density at radius 3 is 2.43 bits per heavy atom. The van der Waals surface area contributed by atoms with E-state index in [2.05, 4.69) is 10.1 Å². The van der Waals surface area contributed by atoms with Crippen molar-refractivity contribution in [3.05, 3.63) is 47.5 Å². The number of rotatable bonds is 4. The molecule has 0 spiro atoms. The first-order valence-corrected chi connectivity index (χ1v) is 6.56. The molecule has 0 saturated carbocycles. The second-order valence-electron chi connectivity index (χ2n) is 4.53. The van der Waals surface area contributed by atoms with Crippen LogP contribution < -0.4 is 10.1 Å². The highest BCUT2D eigenvalue weighted by molar-refractivity contribution is 6.09. The summed E-state index contributed by atoms with van der Waals surface area (Å²) in [6, 6.07) is 8.21. The summed E-state index contributed by atoms with van der Waals surface area (Å²) in [5.74, 6) is -1.60. The Morgan fingerprint density at radius 2 is 1.78 bits per heavy atom. The molecular weight excluding hydrogens is 302 g/mol. The number of ether oxygens (including phenoxy) is 2. The summed E-state index contributed by atoms with van der Waals surface area (Å²) in [7, 11) is 2.52. The second-order valence-corrected chi connectivity index (χ2v) is 4.53. The van der Waals surface area contributed by atoms with E-state index in [1.165, 1.54) is 50.6 Å². The molecule has 2 rings (SSSR count). The molecule has 7 heteroatoms. The monoisotopic (exact) mass is 317 g/mol. The van der Waals surface area contributed by atoms with Gasteiger partial charge in [-0.3, -0.25) is 4.79 Å². The van der Waals surface area contributed by atoms with Gasteiger partial charge in [-0.2, -0.15) is 0 Å².